The second kappa shape index (κ2) is 4.03. The molecule has 72 valence electrons. The fraction of sp³-hybridized carbons (Fsp3) is 0.125. The number of nitriles is 1. The monoisotopic (exact) mass is 214 g/mol. The predicted octanol–water partition coefficient (Wildman–Crippen LogP) is 2.13. The number of nitrogens with zero attached hydrogens (tertiary/aromatic N) is 2. The molecule has 0 fully saturated rings. The van der Waals surface area contributed by atoms with Gasteiger partial charge in [0.1, 0.15) is 11.9 Å². The van der Waals surface area contributed by atoms with Crippen LogP contribution >= 0.6 is 11.6 Å². The Balaban J connectivity index is 3.16. The molecule has 0 aromatic heterocycles. The molecule has 0 N–H and O–H groups in total. The van der Waals surface area contributed by atoms with E-state index in [0.717, 1.165) is 12.1 Å². The highest BCUT2D eigenvalue weighted by Crippen LogP contribution is 2.20. The highest BCUT2D eigenvalue weighted by Gasteiger charge is 2.12. The normalized spacial score (nSPS) is 9.50. The predicted molar refractivity (Wildman–Crippen MR) is 46.8 cm³/mol. The summed E-state index contributed by atoms with van der Waals surface area (Å²) >= 11 is 5.60. The van der Waals surface area contributed by atoms with Crippen LogP contribution in [0.15, 0.2) is 12.1 Å². The maximum absolute atomic E-state index is 13.0. The number of rotatable bonds is 2. The van der Waals surface area contributed by atoms with E-state index in [-0.39, 0.29) is 16.1 Å². The van der Waals surface area contributed by atoms with Crippen LogP contribution in [0.1, 0.15) is 11.1 Å². The van der Waals surface area contributed by atoms with Crippen molar-refractivity contribution in [3.05, 3.63) is 44.2 Å². The number of halogens is 2. The molecule has 0 atom stereocenters. The summed E-state index contributed by atoms with van der Waals surface area (Å²) in [6, 6.07) is 3.57. The molecule has 0 unspecified atom stereocenters. The van der Waals surface area contributed by atoms with Gasteiger partial charge in [-0.15, -0.1) is 0 Å². The van der Waals surface area contributed by atoms with Gasteiger partial charge in [0.05, 0.1) is 10.6 Å². The summed E-state index contributed by atoms with van der Waals surface area (Å²) in [6.07, 6.45) is 0. The zero-order valence-electron chi connectivity index (χ0n) is 6.83. The number of benzene rings is 1. The van der Waals surface area contributed by atoms with Crippen LogP contribution in [0.5, 0.6) is 0 Å². The summed E-state index contributed by atoms with van der Waals surface area (Å²) in [4.78, 5) is 9.53. The Morgan fingerprint density at radius 1 is 1.64 bits per heavy atom. The summed E-state index contributed by atoms with van der Waals surface area (Å²) in [5.74, 6) is -0.797. The van der Waals surface area contributed by atoms with Gasteiger partial charge in [-0.25, -0.2) is 4.39 Å². The first-order chi connectivity index (χ1) is 6.54. The van der Waals surface area contributed by atoms with Gasteiger partial charge in [-0.05, 0) is 12.1 Å². The first-order valence-electron chi connectivity index (χ1n) is 3.54. The molecule has 0 saturated heterocycles. The molecule has 1 rings (SSSR count). The molecule has 0 amide bonds. The number of hydrogen-bond donors (Lipinski definition) is 0. The fourth-order valence-corrected chi connectivity index (χ4v) is 1.16. The van der Waals surface area contributed by atoms with Crippen molar-refractivity contribution in [2.45, 2.75) is 6.54 Å². The van der Waals surface area contributed by atoms with Gasteiger partial charge in [0, 0.05) is 10.5 Å². The minimum absolute atomic E-state index is 0.0275. The third kappa shape index (κ3) is 2.18. The zero-order chi connectivity index (χ0) is 10.7. The molecule has 0 aliphatic rings. The maximum atomic E-state index is 13.0. The van der Waals surface area contributed by atoms with Crippen molar-refractivity contribution in [2.24, 2.45) is 0 Å². The Morgan fingerprint density at radius 2 is 2.29 bits per heavy atom. The zero-order valence-corrected chi connectivity index (χ0v) is 7.58. The molecule has 1 aromatic carbocycles. The van der Waals surface area contributed by atoms with Crippen LogP contribution in [0.25, 0.3) is 0 Å². The van der Waals surface area contributed by atoms with Crippen LogP contribution in [0.2, 0.25) is 5.02 Å². The molecule has 0 saturated carbocycles. The standard InChI is InChI=1S/C8H4ClFN2O2/c9-7-1-5(3-11)8(10)2-6(7)4-12(13)14/h1-2H,4H2. The minimum atomic E-state index is -0.797. The van der Waals surface area contributed by atoms with E-state index >= 15 is 0 Å². The highest BCUT2D eigenvalue weighted by molar-refractivity contribution is 6.31. The third-order valence-corrected chi connectivity index (χ3v) is 1.91. The van der Waals surface area contributed by atoms with E-state index in [1.807, 2.05) is 0 Å². The summed E-state index contributed by atoms with van der Waals surface area (Å²) in [6.45, 7) is -0.554. The quantitative estimate of drug-likeness (QED) is 0.559. The van der Waals surface area contributed by atoms with Crippen molar-refractivity contribution in [1.82, 2.24) is 0 Å². The van der Waals surface area contributed by atoms with E-state index in [4.69, 9.17) is 16.9 Å². The van der Waals surface area contributed by atoms with Crippen molar-refractivity contribution in [2.75, 3.05) is 0 Å². The van der Waals surface area contributed by atoms with E-state index in [9.17, 15) is 14.5 Å². The third-order valence-electron chi connectivity index (χ3n) is 1.56. The summed E-state index contributed by atoms with van der Waals surface area (Å²) in [7, 11) is 0. The lowest BCUT2D eigenvalue weighted by molar-refractivity contribution is -0.496. The van der Waals surface area contributed by atoms with Crippen molar-refractivity contribution in [3.8, 4) is 6.07 Å². The smallest absolute Gasteiger partial charge is 0.230 e. The van der Waals surface area contributed by atoms with Crippen LogP contribution in [0.3, 0.4) is 0 Å². The molecule has 0 bridgehead atoms. The largest absolute Gasteiger partial charge is 0.264 e. The number of hydrogen-bond acceptors (Lipinski definition) is 3. The van der Waals surface area contributed by atoms with E-state index in [0.29, 0.717) is 0 Å². The first kappa shape index (κ1) is 10.4. The highest BCUT2D eigenvalue weighted by atomic mass is 35.5. The molecule has 6 heteroatoms. The molecule has 0 aliphatic heterocycles. The van der Waals surface area contributed by atoms with Crippen molar-refractivity contribution in [1.29, 1.82) is 5.26 Å². The minimum Gasteiger partial charge on any atom is -0.264 e. The Kier molecular flexibility index (Phi) is 2.99. The van der Waals surface area contributed by atoms with Gasteiger partial charge in [-0.3, -0.25) is 10.1 Å². The molecular weight excluding hydrogens is 211 g/mol. The molecule has 14 heavy (non-hydrogen) atoms. The van der Waals surface area contributed by atoms with Crippen LogP contribution in [0.4, 0.5) is 4.39 Å². The van der Waals surface area contributed by atoms with Gasteiger partial charge in [0.15, 0.2) is 0 Å². The van der Waals surface area contributed by atoms with E-state index in [2.05, 4.69) is 0 Å². The van der Waals surface area contributed by atoms with Crippen molar-refractivity contribution < 1.29 is 9.31 Å². The molecule has 0 aliphatic carbocycles. The lowest BCUT2D eigenvalue weighted by atomic mass is 10.1. The second-order valence-corrected chi connectivity index (χ2v) is 2.93. The fourth-order valence-electron chi connectivity index (χ4n) is 0.934. The lowest BCUT2D eigenvalue weighted by Gasteiger charge is -2.00. The van der Waals surface area contributed by atoms with Gasteiger partial charge >= 0.3 is 0 Å². The van der Waals surface area contributed by atoms with Crippen molar-refractivity contribution in [3.63, 3.8) is 0 Å². The molecule has 1 aromatic rings. The molecule has 4 nitrogen and oxygen atoms in total. The van der Waals surface area contributed by atoms with E-state index < -0.39 is 17.3 Å². The molecular formula is C8H4ClFN2O2. The first-order valence-corrected chi connectivity index (χ1v) is 3.92. The van der Waals surface area contributed by atoms with Gasteiger partial charge < -0.3 is 0 Å². The van der Waals surface area contributed by atoms with Crippen molar-refractivity contribution >= 4 is 11.6 Å². The van der Waals surface area contributed by atoms with Gasteiger partial charge in [-0.1, -0.05) is 11.6 Å². The van der Waals surface area contributed by atoms with Crippen LogP contribution in [-0.2, 0) is 6.54 Å². The van der Waals surface area contributed by atoms with E-state index in [1.165, 1.54) is 0 Å². The van der Waals surface area contributed by atoms with Gasteiger partial charge in [0.25, 0.3) is 0 Å². The van der Waals surface area contributed by atoms with Gasteiger partial charge in [0.2, 0.25) is 6.54 Å². The Labute approximate surface area is 83.7 Å². The molecule has 0 radical (unpaired) electrons. The van der Waals surface area contributed by atoms with E-state index in [1.54, 1.807) is 6.07 Å². The van der Waals surface area contributed by atoms with Crippen LogP contribution < -0.4 is 0 Å². The molecule has 0 spiro atoms. The average Bonchev–Trinajstić information content (AvgIpc) is 2.10. The summed E-state index contributed by atoms with van der Waals surface area (Å²) in [5.41, 5.74) is -0.157. The summed E-state index contributed by atoms with van der Waals surface area (Å²) in [5, 5.41) is 18.6. The second-order valence-electron chi connectivity index (χ2n) is 2.53. The Bertz CT molecular complexity index is 428. The molecule has 0 heterocycles. The van der Waals surface area contributed by atoms with Crippen LogP contribution in [-0.4, -0.2) is 4.92 Å². The topological polar surface area (TPSA) is 66.9 Å². The summed E-state index contributed by atoms with van der Waals surface area (Å²) < 4.78 is 13.0. The van der Waals surface area contributed by atoms with Gasteiger partial charge in [-0.2, -0.15) is 5.26 Å². The average molecular weight is 215 g/mol. The Morgan fingerprint density at radius 3 is 2.79 bits per heavy atom. The maximum Gasteiger partial charge on any atom is 0.230 e. The lowest BCUT2D eigenvalue weighted by Crippen LogP contribution is -2.00. The Hall–Kier alpha value is -1.67. The van der Waals surface area contributed by atoms with Crippen LogP contribution in [0, 0.1) is 27.3 Å². The number of nitro groups is 1. The SMILES string of the molecule is N#Cc1cc(Cl)c(C[N+](=O)[O-])cc1F.